The lowest BCUT2D eigenvalue weighted by molar-refractivity contribution is -0.137. The van der Waals surface area contributed by atoms with E-state index in [-0.39, 0.29) is 10.6 Å². The maximum absolute atomic E-state index is 13.1. The predicted molar refractivity (Wildman–Crippen MR) is 180 cm³/mol. The van der Waals surface area contributed by atoms with Crippen LogP contribution in [0.3, 0.4) is 0 Å². The zero-order chi connectivity index (χ0) is 34.2. The van der Waals surface area contributed by atoms with Gasteiger partial charge in [-0.1, -0.05) is 26.8 Å². The lowest BCUT2D eigenvalue weighted by atomic mass is 9.86. The summed E-state index contributed by atoms with van der Waals surface area (Å²) in [5.41, 5.74) is 3.16. The number of hydrogen-bond donors (Lipinski definition) is 3. The number of esters is 1. The van der Waals surface area contributed by atoms with Crippen molar-refractivity contribution in [1.29, 1.82) is 0 Å². The first kappa shape index (κ1) is 37.7. The highest BCUT2D eigenvalue weighted by Crippen LogP contribution is 2.38. The molecule has 0 saturated heterocycles. The largest absolute Gasteiger partial charge is 0.497 e. The van der Waals surface area contributed by atoms with E-state index in [0.717, 1.165) is 27.7 Å². The van der Waals surface area contributed by atoms with E-state index in [9.17, 15) is 14.7 Å². The minimum absolute atomic E-state index is 0.00924. The number of carbonyl (C=O) groups excluding carboxylic acids is 2. The van der Waals surface area contributed by atoms with Crippen LogP contribution in [0.25, 0.3) is 10.9 Å². The van der Waals surface area contributed by atoms with Crippen molar-refractivity contribution in [2.24, 2.45) is 5.92 Å². The second-order valence-electron chi connectivity index (χ2n) is 13.6. The van der Waals surface area contributed by atoms with Gasteiger partial charge in [-0.2, -0.15) is 0 Å². The van der Waals surface area contributed by atoms with E-state index in [0.29, 0.717) is 38.2 Å². The molecule has 0 radical (unpaired) electrons. The Balaban J connectivity index is 2.51. The second-order valence-corrected chi connectivity index (χ2v) is 18.4. The van der Waals surface area contributed by atoms with Gasteiger partial charge in [0.05, 0.1) is 27.9 Å². The molecule has 1 amide bonds. The van der Waals surface area contributed by atoms with Gasteiger partial charge in [0, 0.05) is 29.1 Å². The summed E-state index contributed by atoms with van der Waals surface area (Å²) in [5.74, 6) is -0.996. The Morgan fingerprint density at radius 3 is 2.24 bits per heavy atom. The average Bonchev–Trinajstić information content (AvgIpc) is 3.30. The molecule has 0 aliphatic heterocycles. The van der Waals surface area contributed by atoms with Crippen LogP contribution in [-0.4, -0.2) is 70.6 Å². The molecule has 0 unspecified atom stereocenters. The molecule has 11 heteroatoms. The highest BCUT2D eigenvalue weighted by molar-refractivity contribution is 6.74. The van der Waals surface area contributed by atoms with Gasteiger partial charge in [0.25, 0.3) is 5.95 Å². The molecule has 0 saturated carbocycles. The van der Waals surface area contributed by atoms with Gasteiger partial charge < -0.3 is 38.8 Å². The van der Waals surface area contributed by atoms with Crippen molar-refractivity contribution in [3.05, 3.63) is 52.6 Å². The quantitative estimate of drug-likeness (QED) is 0.0639. The number of aliphatic hydroxyl groups excluding tert-OH is 1. The first-order chi connectivity index (χ1) is 20.9. The SMILES string of the molecule is C/C=C(/CO[Si](C)(C)C(C)(C)C)[C@H](CCc1[nH]c2ccc(OC)cc2c1CCNC(=O)OC(C)(C)C)/C(C(=O)OC)=C(\O)OC. The number of aryl methyl sites for hydroxylation is 1. The smallest absolute Gasteiger partial charge is 0.407 e. The molecular weight excluding hydrogens is 592 g/mol. The molecule has 1 heterocycles. The maximum atomic E-state index is 13.1. The Kier molecular flexibility index (Phi) is 13.2. The number of aliphatic hydroxyl groups is 1. The molecule has 0 aliphatic rings. The Morgan fingerprint density at radius 1 is 1.04 bits per heavy atom. The topological polar surface area (TPSA) is 128 Å². The third-order valence-electron chi connectivity index (χ3n) is 8.33. The monoisotopic (exact) mass is 646 g/mol. The van der Waals surface area contributed by atoms with Gasteiger partial charge in [-0.05, 0) is 94.4 Å². The van der Waals surface area contributed by atoms with Crippen molar-refractivity contribution >= 4 is 31.3 Å². The number of benzene rings is 1. The minimum Gasteiger partial charge on any atom is -0.497 e. The van der Waals surface area contributed by atoms with E-state index in [2.05, 4.69) is 44.2 Å². The summed E-state index contributed by atoms with van der Waals surface area (Å²) < 4.78 is 27.7. The third kappa shape index (κ3) is 10.3. The summed E-state index contributed by atoms with van der Waals surface area (Å²) in [6.07, 6.45) is 2.93. The second kappa shape index (κ2) is 15.7. The number of amides is 1. The number of methoxy groups -OCH3 is 3. The molecule has 0 spiro atoms. The van der Waals surface area contributed by atoms with Gasteiger partial charge in [-0.15, -0.1) is 0 Å². The third-order valence-corrected chi connectivity index (χ3v) is 12.8. The van der Waals surface area contributed by atoms with Crippen LogP contribution in [0, 0.1) is 5.92 Å². The number of H-pyrrole nitrogens is 1. The van der Waals surface area contributed by atoms with Gasteiger partial charge in [0.1, 0.15) is 16.9 Å². The number of carbonyl (C=O) groups is 2. The van der Waals surface area contributed by atoms with Crippen molar-refractivity contribution < 1.29 is 38.1 Å². The van der Waals surface area contributed by atoms with E-state index in [1.807, 2.05) is 52.0 Å². The molecule has 252 valence electrons. The van der Waals surface area contributed by atoms with Crippen LogP contribution < -0.4 is 10.1 Å². The van der Waals surface area contributed by atoms with Crippen LogP contribution in [-0.2, 0) is 36.3 Å². The van der Waals surface area contributed by atoms with E-state index in [4.69, 9.17) is 23.4 Å². The summed E-state index contributed by atoms with van der Waals surface area (Å²) in [4.78, 5) is 29.0. The average molecular weight is 647 g/mol. The molecule has 3 N–H and O–H groups in total. The maximum Gasteiger partial charge on any atom is 0.407 e. The fourth-order valence-corrected chi connectivity index (χ4v) is 5.74. The Morgan fingerprint density at radius 2 is 1.71 bits per heavy atom. The normalized spacial score (nSPS) is 14.1. The number of aromatic nitrogens is 1. The lowest BCUT2D eigenvalue weighted by Crippen LogP contribution is -2.41. The fraction of sp³-hybridized carbons (Fsp3) is 0.588. The molecule has 0 fully saturated rings. The standard InChI is InChI=1S/C34H54N2O8Si/c1-13-22(21-43-45(11,12)34(5,6)7)24(29(30(37)41-9)31(38)42-10)15-17-27-25(18-19-35-32(39)44-33(2,3)4)26-20-23(40-8)14-16-28(26)36-27/h13-14,16,20,24,36-37H,15,17-19,21H2,1-12H3,(H,35,39)/b22-13-,30-29-/t24-/m0/s1. The number of ether oxygens (including phenoxy) is 4. The molecular formula is C34H54N2O8Si. The van der Waals surface area contributed by atoms with Crippen molar-refractivity contribution in [2.75, 3.05) is 34.5 Å². The number of aromatic amines is 1. The van der Waals surface area contributed by atoms with Crippen LogP contribution in [0.4, 0.5) is 4.79 Å². The van der Waals surface area contributed by atoms with E-state index in [1.54, 1.807) is 7.11 Å². The van der Waals surface area contributed by atoms with Gasteiger partial charge in [-0.25, -0.2) is 9.59 Å². The summed E-state index contributed by atoms with van der Waals surface area (Å²) in [6, 6.07) is 5.82. The highest BCUT2D eigenvalue weighted by atomic mass is 28.4. The molecule has 45 heavy (non-hydrogen) atoms. The minimum atomic E-state index is -2.13. The fourth-order valence-electron chi connectivity index (χ4n) is 4.78. The first-order valence-corrected chi connectivity index (χ1v) is 18.3. The van der Waals surface area contributed by atoms with Crippen LogP contribution in [0.5, 0.6) is 5.75 Å². The molecule has 1 aromatic heterocycles. The van der Waals surface area contributed by atoms with E-state index < -0.39 is 37.8 Å². The van der Waals surface area contributed by atoms with Crippen molar-refractivity contribution in [2.45, 2.75) is 91.5 Å². The van der Waals surface area contributed by atoms with Crippen LogP contribution in [0.15, 0.2) is 41.4 Å². The zero-order valence-electron chi connectivity index (χ0n) is 29.2. The Hall–Kier alpha value is -3.44. The molecule has 10 nitrogen and oxygen atoms in total. The predicted octanol–water partition coefficient (Wildman–Crippen LogP) is 7.35. The van der Waals surface area contributed by atoms with Crippen LogP contribution in [0.1, 0.15) is 66.1 Å². The van der Waals surface area contributed by atoms with Gasteiger partial charge in [-0.3, -0.25) is 0 Å². The van der Waals surface area contributed by atoms with Gasteiger partial charge in [0.15, 0.2) is 8.32 Å². The molecule has 1 atom stereocenters. The lowest BCUT2D eigenvalue weighted by Gasteiger charge is -2.37. The van der Waals surface area contributed by atoms with Crippen molar-refractivity contribution in [3.8, 4) is 5.75 Å². The number of hydrogen-bond acceptors (Lipinski definition) is 8. The molecule has 1 aromatic carbocycles. The first-order valence-electron chi connectivity index (χ1n) is 15.4. The summed E-state index contributed by atoms with van der Waals surface area (Å²) in [6.45, 7) is 18.9. The van der Waals surface area contributed by atoms with E-state index >= 15 is 0 Å². The highest BCUT2D eigenvalue weighted by Gasteiger charge is 2.38. The zero-order valence-corrected chi connectivity index (χ0v) is 30.2. The van der Waals surface area contributed by atoms with Crippen LogP contribution >= 0.6 is 0 Å². The number of allylic oxidation sites excluding steroid dienone is 1. The summed E-state index contributed by atoms with van der Waals surface area (Å²) >= 11 is 0. The number of rotatable bonds is 14. The summed E-state index contributed by atoms with van der Waals surface area (Å²) in [7, 11) is 2.09. The molecule has 2 rings (SSSR count). The Labute approximate surface area is 269 Å². The molecule has 2 aromatic rings. The number of fused-ring (bicyclic) bond motifs is 1. The van der Waals surface area contributed by atoms with Gasteiger partial charge >= 0.3 is 12.1 Å². The van der Waals surface area contributed by atoms with Crippen molar-refractivity contribution in [3.63, 3.8) is 0 Å². The molecule has 0 aliphatic carbocycles. The van der Waals surface area contributed by atoms with E-state index in [1.165, 1.54) is 14.2 Å². The number of nitrogens with one attached hydrogen (secondary N) is 2. The van der Waals surface area contributed by atoms with Gasteiger partial charge in [0.2, 0.25) is 0 Å². The molecule has 0 bridgehead atoms. The summed E-state index contributed by atoms with van der Waals surface area (Å²) in [5, 5.41) is 14.6. The number of alkyl carbamates (subject to hydrolysis) is 1. The Bertz CT molecular complexity index is 1380. The van der Waals surface area contributed by atoms with Crippen LogP contribution in [0.2, 0.25) is 18.1 Å². The van der Waals surface area contributed by atoms with Crippen molar-refractivity contribution in [1.82, 2.24) is 10.3 Å².